The molecule has 0 saturated carbocycles. The van der Waals surface area contributed by atoms with Crippen molar-refractivity contribution in [3.8, 4) is 11.1 Å². The number of nitrogens with one attached hydrogen (secondary N) is 1. The quantitative estimate of drug-likeness (QED) is 0.400. The Morgan fingerprint density at radius 2 is 1.52 bits per heavy atom. The number of hydrogen-bond donors (Lipinski definition) is 1. The number of anilines is 1. The summed E-state index contributed by atoms with van der Waals surface area (Å²) < 4.78 is 30.4. The first kappa shape index (κ1) is 21.2. The Bertz CT molecular complexity index is 1270. The van der Waals surface area contributed by atoms with Gasteiger partial charge in [-0.05, 0) is 48.7 Å². The highest BCUT2D eigenvalue weighted by atomic mass is 35.5. The number of aryl methyl sites for hydroxylation is 2. The van der Waals surface area contributed by atoms with E-state index in [1.165, 1.54) is 5.56 Å². The number of aromatic nitrogens is 2. The first-order valence-electron chi connectivity index (χ1n) is 9.89. The van der Waals surface area contributed by atoms with Gasteiger partial charge in [0.2, 0.25) is 0 Å². The summed E-state index contributed by atoms with van der Waals surface area (Å²) in [6.45, 7) is 2.58. The second-order valence-corrected chi connectivity index (χ2v) is 9.31. The molecular formula is C24H22ClN3O2S. The third kappa shape index (κ3) is 4.81. The van der Waals surface area contributed by atoms with Gasteiger partial charge in [0, 0.05) is 22.8 Å². The molecule has 5 nitrogen and oxygen atoms in total. The average Bonchev–Trinajstić information content (AvgIpc) is 3.08. The molecule has 4 aromatic rings. The van der Waals surface area contributed by atoms with E-state index in [1.807, 2.05) is 41.9 Å². The summed E-state index contributed by atoms with van der Waals surface area (Å²) in [5.74, 6) is 0.303. The second-order valence-electron chi connectivity index (χ2n) is 7.19. The summed E-state index contributed by atoms with van der Waals surface area (Å²) >= 11 is 6.06. The molecule has 0 aliphatic carbocycles. The first-order chi connectivity index (χ1) is 14.9. The Morgan fingerprint density at radius 3 is 2.16 bits per heavy atom. The molecule has 0 atom stereocenters. The fourth-order valence-corrected chi connectivity index (χ4v) is 4.62. The van der Waals surface area contributed by atoms with Crippen LogP contribution in [0.25, 0.3) is 11.1 Å². The molecule has 0 radical (unpaired) electrons. The highest BCUT2D eigenvalue weighted by Gasteiger charge is 2.22. The van der Waals surface area contributed by atoms with Crippen molar-refractivity contribution in [3.05, 3.63) is 101 Å². The van der Waals surface area contributed by atoms with Crippen LogP contribution in [0.2, 0.25) is 5.02 Å². The van der Waals surface area contributed by atoms with Gasteiger partial charge in [0.25, 0.3) is 10.0 Å². The second kappa shape index (κ2) is 8.96. The average molecular weight is 452 g/mol. The lowest BCUT2D eigenvalue weighted by Crippen LogP contribution is -2.14. The molecule has 158 valence electrons. The van der Waals surface area contributed by atoms with Crippen LogP contribution in [0.5, 0.6) is 0 Å². The minimum Gasteiger partial charge on any atom is -0.267 e. The Labute approximate surface area is 187 Å². The summed E-state index contributed by atoms with van der Waals surface area (Å²) in [4.78, 5) is 0.188. The van der Waals surface area contributed by atoms with Gasteiger partial charge >= 0.3 is 0 Å². The van der Waals surface area contributed by atoms with Crippen LogP contribution in [-0.2, 0) is 23.0 Å². The lowest BCUT2D eigenvalue weighted by Gasteiger charge is -2.08. The van der Waals surface area contributed by atoms with Crippen molar-refractivity contribution < 1.29 is 8.42 Å². The molecule has 0 fully saturated rings. The zero-order chi connectivity index (χ0) is 21.8. The van der Waals surface area contributed by atoms with Crippen molar-refractivity contribution in [1.29, 1.82) is 0 Å². The third-order valence-corrected chi connectivity index (χ3v) is 6.69. The molecule has 0 amide bonds. The van der Waals surface area contributed by atoms with E-state index in [2.05, 4.69) is 22.0 Å². The minimum absolute atomic E-state index is 0.188. The van der Waals surface area contributed by atoms with Crippen LogP contribution in [0.3, 0.4) is 0 Å². The number of rotatable bonds is 7. The highest BCUT2D eigenvalue weighted by Crippen LogP contribution is 2.33. The van der Waals surface area contributed by atoms with Crippen LogP contribution in [-0.4, -0.2) is 18.2 Å². The van der Waals surface area contributed by atoms with E-state index in [9.17, 15) is 8.42 Å². The van der Waals surface area contributed by atoms with Crippen LogP contribution in [0.15, 0.2) is 89.8 Å². The highest BCUT2D eigenvalue weighted by molar-refractivity contribution is 7.92. The smallest absolute Gasteiger partial charge is 0.263 e. The lowest BCUT2D eigenvalue weighted by atomic mass is 10.1. The standard InChI is InChI=1S/C24H22ClN3O2S/c1-18-23(20-12-14-21(25)15-13-20)24(27-31(29,30)22-10-6-3-7-11-22)26-28(18)17-16-19-8-4-2-5-9-19/h2-15H,16-17H2,1H3,(H,26,27). The predicted molar refractivity (Wildman–Crippen MR) is 125 cm³/mol. The van der Waals surface area contributed by atoms with E-state index >= 15 is 0 Å². The van der Waals surface area contributed by atoms with E-state index in [0.29, 0.717) is 17.4 Å². The first-order valence-corrected chi connectivity index (χ1v) is 11.8. The molecule has 1 N–H and O–H groups in total. The Hall–Kier alpha value is -3.09. The van der Waals surface area contributed by atoms with Crippen LogP contribution >= 0.6 is 11.6 Å². The fourth-order valence-electron chi connectivity index (χ4n) is 3.46. The summed E-state index contributed by atoms with van der Waals surface area (Å²) in [5.41, 5.74) is 3.66. The van der Waals surface area contributed by atoms with Crippen molar-refractivity contribution in [2.24, 2.45) is 0 Å². The topological polar surface area (TPSA) is 64.0 Å². The van der Waals surface area contributed by atoms with Gasteiger partial charge in [-0.2, -0.15) is 5.10 Å². The van der Waals surface area contributed by atoms with Crippen molar-refractivity contribution in [2.45, 2.75) is 24.8 Å². The van der Waals surface area contributed by atoms with Gasteiger partial charge in [-0.15, -0.1) is 0 Å². The molecule has 0 aliphatic rings. The van der Waals surface area contributed by atoms with Crippen LogP contribution < -0.4 is 4.72 Å². The summed E-state index contributed by atoms with van der Waals surface area (Å²) in [6, 6.07) is 25.7. The number of hydrogen-bond acceptors (Lipinski definition) is 3. The maximum absolute atomic E-state index is 13.0. The summed E-state index contributed by atoms with van der Waals surface area (Å²) in [5, 5.41) is 5.24. The third-order valence-electron chi connectivity index (χ3n) is 5.08. The van der Waals surface area contributed by atoms with Crippen LogP contribution in [0.1, 0.15) is 11.3 Å². The van der Waals surface area contributed by atoms with Gasteiger partial charge in [-0.25, -0.2) is 8.42 Å². The number of sulfonamides is 1. The monoisotopic (exact) mass is 451 g/mol. The number of benzene rings is 3. The molecule has 0 saturated heterocycles. The number of nitrogens with zero attached hydrogens (tertiary/aromatic N) is 2. The van der Waals surface area contributed by atoms with Crippen molar-refractivity contribution in [3.63, 3.8) is 0 Å². The van der Waals surface area contributed by atoms with E-state index in [-0.39, 0.29) is 4.90 Å². The molecule has 1 aromatic heterocycles. The molecular weight excluding hydrogens is 430 g/mol. The van der Waals surface area contributed by atoms with E-state index in [1.54, 1.807) is 42.5 Å². The van der Waals surface area contributed by atoms with E-state index < -0.39 is 10.0 Å². The molecule has 0 bridgehead atoms. The fraction of sp³-hybridized carbons (Fsp3) is 0.125. The predicted octanol–water partition coefficient (Wildman–Crippen LogP) is 5.56. The van der Waals surface area contributed by atoms with Gasteiger partial charge < -0.3 is 0 Å². The van der Waals surface area contributed by atoms with E-state index in [4.69, 9.17) is 11.6 Å². The number of halogens is 1. The maximum atomic E-state index is 13.0. The molecule has 31 heavy (non-hydrogen) atoms. The largest absolute Gasteiger partial charge is 0.267 e. The van der Waals surface area contributed by atoms with Crippen molar-refractivity contribution >= 4 is 27.4 Å². The summed E-state index contributed by atoms with van der Waals surface area (Å²) in [7, 11) is -3.77. The molecule has 7 heteroatoms. The lowest BCUT2D eigenvalue weighted by molar-refractivity contribution is 0.595. The Kier molecular flexibility index (Phi) is 6.11. The van der Waals surface area contributed by atoms with E-state index in [0.717, 1.165) is 23.2 Å². The summed E-state index contributed by atoms with van der Waals surface area (Å²) in [6.07, 6.45) is 0.786. The van der Waals surface area contributed by atoms with Crippen LogP contribution in [0.4, 0.5) is 5.82 Å². The molecule has 4 rings (SSSR count). The van der Waals surface area contributed by atoms with Gasteiger partial charge in [0.05, 0.1) is 4.90 Å². The zero-order valence-electron chi connectivity index (χ0n) is 17.0. The zero-order valence-corrected chi connectivity index (χ0v) is 18.6. The SMILES string of the molecule is Cc1c(-c2ccc(Cl)cc2)c(NS(=O)(=O)c2ccccc2)nn1CCc1ccccc1. The molecule has 0 spiro atoms. The van der Waals surface area contributed by atoms with Gasteiger partial charge in [-0.3, -0.25) is 9.40 Å². The molecule has 0 aliphatic heterocycles. The minimum atomic E-state index is -3.77. The van der Waals surface area contributed by atoms with Crippen LogP contribution in [0, 0.1) is 6.92 Å². The van der Waals surface area contributed by atoms with Gasteiger partial charge in [0.1, 0.15) is 0 Å². The Morgan fingerprint density at radius 1 is 0.903 bits per heavy atom. The Balaban J connectivity index is 1.72. The molecule has 0 unspecified atom stereocenters. The van der Waals surface area contributed by atoms with Gasteiger partial charge in [0.15, 0.2) is 5.82 Å². The van der Waals surface area contributed by atoms with Gasteiger partial charge in [-0.1, -0.05) is 72.3 Å². The molecule has 3 aromatic carbocycles. The normalized spacial score (nSPS) is 11.4. The maximum Gasteiger partial charge on any atom is 0.263 e. The van der Waals surface area contributed by atoms with Crippen molar-refractivity contribution in [2.75, 3.05) is 4.72 Å². The molecule has 1 heterocycles. The van der Waals surface area contributed by atoms with Crippen molar-refractivity contribution in [1.82, 2.24) is 9.78 Å².